The standard InChI is InChI=1S/C39H44N6O6/c1-22-14-23(2)35(24(3)15-22)39(51)44-20-32(26-10-6-5-7-11-26)43-36(48)25(4)41-37(49)33-17-28(46)19-45(33)38(50)31(42-34(47)21-44)16-27-18-40-30-13-9-8-12-29(27)30/h5-15,18,25,28,31-33,40,46H,16-17,19-21H2,1-4H3,(H,41,49)(H,42,47)(H,43,48)/t25-,28+,31+,32-,33-/m0/s1. The average molecular weight is 693 g/mol. The summed E-state index contributed by atoms with van der Waals surface area (Å²) in [5.41, 5.74) is 5.26. The number of carbonyl (C=O) groups is 5. The first-order valence-electron chi connectivity index (χ1n) is 17.2. The van der Waals surface area contributed by atoms with E-state index in [9.17, 15) is 29.1 Å². The molecule has 2 aliphatic heterocycles. The first-order valence-corrected chi connectivity index (χ1v) is 17.2. The summed E-state index contributed by atoms with van der Waals surface area (Å²) < 4.78 is 0. The van der Waals surface area contributed by atoms with Crippen molar-refractivity contribution in [2.75, 3.05) is 19.6 Å². The van der Waals surface area contributed by atoms with Crippen LogP contribution in [0.1, 0.15) is 57.6 Å². The lowest BCUT2D eigenvalue weighted by molar-refractivity contribution is -0.142. The van der Waals surface area contributed by atoms with Crippen LogP contribution in [0.25, 0.3) is 10.9 Å². The molecule has 0 bridgehead atoms. The molecule has 51 heavy (non-hydrogen) atoms. The van der Waals surface area contributed by atoms with Crippen LogP contribution in [0.4, 0.5) is 0 Å². The zero-order valence-electron chi connectivity index (χ0n) is 29.2. The van der Waals surface area contributed by atoms with Gasteiger partial charge in [0.2, 0.25) is 23.6 Å². The number of fused-ring (bicyclic) bond motifs is 2. The smallest absolute Gasteiger partial charge is 0.254 e. The molecule has 6 rings (SSSR count). The SMILES string of the molecule is Cc1cc(C)c(C(=O)N2CC(=O)N[C@H](Cc3c[nH]c4ccccc34)C(=O)N3C[C@H](O)C[C@H]3C(=O)N[C@@H](C)C(=O)N[C@H](c3ccccc3)C2)c(C)c1. The number of aryl methyl sites for hydroxylation is 3. The number of aliphatic hydroxyl groups is 1. The number of carbonyl (C=O) groups excluding carboxylic acids is 5. The molecular formula is C39H44N6O6. The van der Waals surface area contributed by atoms with Gasteiger partial charge in [-0.2, -0.15) is 0 Å². The molecule has 0 saturated carbocycles. The summed E-state index contributed by atoms with van der Waals surface area (Å²) in [7, 11) is 0. The van der Waals surface area contributed by atoms with Crippen molar-refractivity contribution >= 4 is 40.4 Å². The van der Waals surface area contributed by atoms with Crippen molar-refractivity contribution in [3.63, 3.8) is 0 Å². The fourth-order valence-corrected chi connectivity index (χ4v) is 7.35. The van der Waals surface area contributed by atoms with E-state index in [-0.39, 0.29) is 25.9 Å². The molecule has 266 valence electrons. The molecule has 2 saturated heterocycles. The van der Waals surface area contributed by atoms with E-state index in [2.05, 4.69) is 20.9 Å². The van der Waals surface area contributed by atoms with Gasteiger partial charge in [0.05, 0.1) is 18.7 Å². The molecule has 5 N–H and O–H groups in total. The minimum absolute atomic E-state index is 0.0240. The molecule has 5 amide bonds. The zero-order valence-corrected chi connectivity index (χ0v) is 29.2. The summed E-state index contributed by atoms with van der Waals surface area (Å²) in [5, 5.41) is 20.1. The molecule has 5 atom stereocenters. The number of hydrogen-bond donors (Lipinski definition) is 5. The van der Waals surface area contributed by atoms with Crippen molar-refractivity contribution < 1.29 is 29.1 Å². The Morgan fingerprint density at radius 2 is 1.55 bits per heavy atom. The Morgan fingerprint density at radius 1 is 0.863 bits per heavy atom. The third-order valence-electron chi connectivity index (χ3n) is 9.78. The number of hydrogen-bond acceptors (Lipinski definition) is 6. The number of nitrogens with zero attached hydrogens (tertiary/aromatic N) is 2. The van der Waals surface area contributed by atoms with Crippen molar-refractivity contribution in [1.29, 1.82) is 0 Å². The number of aliphatic hydroxyl groups excluding tert-OH is 1. The Kier molecular flexibility index (Phi) is 10.2. The molecule has 0 unspecified atom stereocenters. The summed E-state index contributed by atoms with van der Waals surface area (Å²) in [4.78, 5) is 76.1. The van der Waals surface area contributed by atoms with E-state index in [0.29, 0.717) is 11.1 Å². The maximum Gasteiger partial charge on any atom is 0.254 e. The monoisotopic (exact) mass is 692 g/mol. The molecule has 4 aromatic rings. The van der Waals surface area contributed by atoms with Gasteiger partial charge in [-0.15, -0.1) is 0 Å². The molecule has 12 heteroatoms. The molecule has 1 aromatic heterocycles. The first-order chi connectivity index (χ1) is 24.4. The van der Waals surface area contributed by atoms with Crippen LogP contribution in [-0.4, -0.2) is 93.3 Å². The second-order valence-corrected chi connectivity index (χ2v) is 13.7. The fourth-order valence-electron chi connectivity index (χ4n) is 7.35. The van der Waals surface area contributed by atoms with Gasteiger partial charge >= 0.3 is 0 Å². The predicted octanol–water partition coefficient (Wildman–Crippen LogP) is 2.60. The van der Waals surface area contributed by atoms with E-state index < -0.39 is 66.4 Å². The van der Waals surface area contributed by atoms with Crippen molar-refractivity contribution in [2.45, 2.75) is 70.8 Å². The topological polar surface area (TPSA) is 164 Å². The van der Waals surface area contributed by atoms with Crippen LogP contribution in [0.3, 0.4) is 0 Å². The molecule has 3 aromatic carbocycles. The van der Waals surface area contributed by atoms with Gasteiger partial charge < -0.3 is 35.8 Å². The van der Waals surface area contributed by atoms with Crippen molar-refractivity contribution in [2.24, 2.45) is 0 Å². The van der Waals surface area contributed by atoms with E-state index in [4.69, 9.17) is 0 Å². The highest BCUT2D eigenvalue weighted by atomic mass is 16.3. The zero-order chi connectivity index (χ0) is 36.4. The molecule has 0 aliphatic carbocycles. The summed E-state index contributed by atoms with van der Waals surface area (Å²) >= 11 is 0. The molecule has 0 radical (unpaired) electrons. The van der Waals surface area contributed by atoms with Crippen LogP contribution >= 0.6 is 0 Å². The van der Waals surface area contributed by atoms with Crippen molar-refractivity contribution in [1.82, 2.24) is 30.7 Å². The van der Waals surface area contributed by atoms with E-state index >= 15 is 0 Å². The second kappa shape index (κ2) is 14.8. The van der Waals surface area contributed by atoms with Gasteiger partial charge in [0.1, 0.15) is 18.1 Å². The van der Waals surface area contributed by atoms with Crippen LogP contribution in [-0.2, 0) is 25.6 Å². The summed E-state index contributed by atoms with van der Waals surface area (Å²) in [6.45, 7) is 6.57. The number of H-pyrrole nitrogens is 1. The Hall–Kier alpha value is -5.49. The van der Waals surface area contributed by atoms with Gasteiger partial charge in [-0.05, 0) is 56.0 Å². The lowest BCUT2D eigenvalue weighted by atomic mass is 9.98. The number of amides is 5. The minimum Gasteiger partial charge on any atom is -0.391 e. The molecule has 3 heterocycles. The maximum atomic E-state index is 14.5. The van der Waals surface area contributed by atoms with Crippen LogP contribution in [0.15, 0.2) is 72.9 Å². The maximum absolute atomic E-state index is 14.5. The van der Waals surface area contributed by atoms with Crippen LogP contribution < -0.4 is 16.0 Å². The molecular weight excluding hydrogens is 648 g/mol. The van der Waals surface area contributed by atoms with Gasteiger partial charge in [-0.25, -0.2) is 0 Å². The number of rotatable bonds is 4. The van der Waals surface area contributed by atoms with Gasteiger partial charge in [-0.3, -0.25) is 24.0 Å². The summed E-state index contributed by atoms with van der Waals surface area (Å²) in [5.74, 6) is -2.65. The molecule has 2 aliphatic rings. The summed E-state index contributed by atoms with van der Waals surface area (Å²) in [6, 6.07) is 16.6. The Balaban J connectivity index is 1.42. The molecule has 0 spiro atoms. The average Bonchev–Trinajstić information content (AvgIpc) is 3.69. The van der Waals surface area contributed by atoms with E-state index in [1.807, 2.05) is 87.5 Å². The lowest BCUT2D eigenvalue weighted by Crippen LogP contribution is -2.56. The highest BCUT2D eigenvalue weighted by molar-refractivity contribution is 6.00. The number of para-hydroxylation sites is 1. The van der Waals surface area contributed by atoms with Gasteiger partial charge in [-0.1, -0.05) is 66.2 Å². The first kappa shape index (κ1) is 35.3. The Labute approximate surface area is 296 Å². The van der Waals surface area contributed by atoms with Crippen molar-refractivity contribution in [3.05, 3.63) is 106 Å². The highest BCUT2D eigenvalue weighted by Gasteiger charge is 2.43. The Bertz CT molecular complexity index is 1950. The predicted molar refractivity (Wildman–Crippen MR) is 192 cm³/mol. The quantitative estimate of drug-likeness (QED) is 0.221. The minimum atomic E-state index is -1.13. The van der Waals surface area contributed by atoms with Crippen LogP contribution in [0.2, 0.25) is 0 Å². The third-order valence-corrected chi connectivity index (χ3v) is 9.78. The van der Waals surface area contributed by atoms with E-state index in [1.165, 1.54) is 16.7 Å². The fraction of sp³-hybridized carbons (Fsp3) is 0.359. The number of nitrogens with one attached hydrogen (secondary N) is 4. The third kappa shape index (κ3) is 7.65. The highest BCUT2D eigenvalue weighted by Crippen LogP contribution is 2.25. The van der Waals surface area contributed by atoms with E-state index in [1.54, 1.807) is 6.20 Å². The van der Waals surface area contributed by atoms with Gasteiger partial charge in [0, 0.05) is 48.6 Å². The van der Waals surface area contributed by atoms with Crippen molar-refractivity contribution in [3.8, 4) is 0 Å². The normalized spacial score (nSPS) is 23.6. The number of aromatic nitrogens is 1. The second-order valence-electron chi connectivity index (χ2n) is 13.7. The molecule has 2 fully saturated rings. The summed E-state index contributed by atoms with van der Waals surface area (Å²) in [6.07, 6.45) is 0.867. The largest absolute Gasteiger partial charge is 0.391 e. The lowest BCUT2D eigenvalue weighted by Gasteiger charge is -2.31. The number of aromatic amines is 1. The van der Waals surface area contributed by atoms with Crippen LogP contribution in [0.5, 0.6) is 0 Å². The van der Waals surface area contributed by atoms with Gasteiger partial charge in [0.15, 0.2) is 0 Å². The van der Waals surface area contributed by atoms with Gasteiger partial charge in [0.25, 0.3) is 5.91 Å². The van der Waals surface area contributed by atoms with E-state index in [0.717, 1.165) is 33.2 Å². The number of benzene rings is 3. The Morgan fingerprint density at radius 3 is 2.27 bits per heavy atom. The van der Waals surface area contributed by atoms with Crippen LogP contribution in [0, 0.1) is 20.8 Å². The molecule has 12 nitrogen and oxygen atoms in total.